The maximum Gasteiger partial charge on any atom is 0.338 e. The molecule has 2 N–H and O–H groups in total. The van der Waals surface area contributed by atoms with E-state index in [2.05, 4.69) is 10.6 Å². The molecule has 0 saturated carbocycles. The molecule has 0 atom stereocenters. The van der Waals surface area contributed by atoms with Gasteiger partial charge in [0, 0.05) is 5.69 Å². The van der Waals surface area contributed by atoms with Crippen molar-refractivity contribution < 1.29 is 14.3 Å². The van der Waals surface area contributed by atoms with Crippen molar-refractivity contribution in [2.24, 2.45) is 0 Å². The predicted molar refractivity (Wildman–Crippen MR) is 99.6 cm³/mol. The zero-order chi connectivity index (χ0) is 17.4. The van der Waals surface area contributed by atoms with Crippen molar-refractivity contribution in [1.82, 2.24) is 5.32 Å². The Morgan fingerprint density at radius 2 is 1.96 bits per heavy atom. The lowest BCUT2D eigenvalue weighted by Crippen LogP contribution is -2.33. The van der Waals surface area contributed by atoms with Gasteiger partial charge in [0.15, 0.2) is 5.11 Å². The summed E-state index contributed by atoms with van der Waals surface area (Å²) in [6, 6.07) is 10.2. The van der Waals surface area contributed by atoms with Crippen LogP contribution < -0.4 is 10.6 Å². The number of rotatable bonds is 6. The molecule has 24 heavy (non-hydrogen) atoms. The highest BCUT2D eigenvalue weighted by atomic mass is 32.1. The third-order valence-electron chi connectivity index (χ3n) is 3.08. The SMILES string of the molecule is CCCCOC(=O)c1ccc(NC(=S)NC(=O)c2cccs2)cc1. The molecular weight excluding hydrogens is 344 g/mol. The summed E-state index contributed by atoms with van der Waals surface area (Å²) in [5.41, 5.74) is 1.15. The highest BCUT2D eigenvalue weighted by molar-refractivity contribution is 7.80. The third-order valence-corrected chi connectivity index (χ3v) is 4.15. The van der Waals surface area contributed by atoms with E-state index in [-0.39, 0.29) is 17.0 Å². The first kappa shape index (κ1) is 18.1. The average Bonchev–Trinajstić information content (AvgIpc) is 3.10. The largest absolute Gasteiger partial charge is 0.462 e. The van der Waals surface area contributed by atoms with Crippen LogP contribution >= 0.6 is 23.6 Å². The number of hydrogen-bond donors (Lipinski definition) is 2. The van der Waals surface area contributed by atoms with Crippen molar-refractivity contribution in [1.29, 1.82) is 0 Å². The van der Waals surface area contributed by atoms with Crippen molar-refractivity contribution in [3.05, 3.63) is 52.2 Å². The van der Waals surface area contributed by atoms with Gasteiger partial charge in [-0.05, 0) is 54.4 Å². The number of benzene rings is 1. The van der Waals surface area contributed by atoms with Crippen LogP contribution in [-0.4, -0.2) is 23.6 Å². The molecule has 0 bridgehead atoms. The topological polar surface area (TPSA) is 67.4 Å². The van der Waals surface area contributed by atoms with Gasteiger partial charge in [-0.25, -0.2) is 4.79 Å². The number of nitrogens with one attached hydrogen (secondary N) is 2. The van der Waals surface area contributed by atoms with Gasteiger partial charge in [-0.3, -0.25) is 10.1 Å². The van der Waals surface area contributed by atoms with Crippen LogP contribution in [0.5, 0.6) is 0 Å². The molecule has 0 spiro atoms. The van der Waals surface area contributed by atoms with Crippen molar-refractivity contribution in [3.8, 4) is 0 Å². The predicted octanol–water partition coefficient (Wildman–Crippen LogP) is 3.83. The van der Waals surface area contributed by atoms with Crippen molar-refractivity contribution in [2.75, 3.05) is 11.9 Å². The minimum absolute atomic E-state index is 0.201. The van der Waals surface area contributed by atoms with Gasteiger partial charge in [0.25, 0.3) is 5.91 Å². The summed E-state index contributed by atoms with van der Waals surface area (Å²) in [7, 11) is 0. The second-order valence-corrected chi connectivity index (χ2v) is 6.31. The number of anilines is 1. The van der Waals surface area contributed by atoms with Crippen molar-refractivity contribution in [3.63, 3.8) is 0 Å². The fraction of sp³-hybridized carbons (Fsp3) is 0.235. The van der Waals surface area contributed by atoms with E-state index in [1.165, 1.54) is 11.3 Å². The summed E-state index contributed by atoms with van der Waals surface area (Å²) in [6.45, 7) is 2.46. The zero-order valence-electron chi connectivity index (χ0n) is 13.2. The normalized spacial score (nSPS) is 10.0. The van der Waals surface area contributed by atoms with Crippen LogP contribution in [0.4, 0.5) is 5.69 Å². The van der Waals surface area contributed by atoms with Crippen LogP contribution in [0.1, 0.15) is 39.8 Å². The lowest BCUT2D eigenvalue weighted by atomic mass is 10.2. The van der Waals surface area contributed by atoms with Gasteiger partial charge in [-0.15, -0.1) is 11.3 Å². The lowest BCUT2D eigenvalue weighted by Gasteiger charge is -2.09. The summed E-state index contributed by atoms with van der Waals surface area (Å²) >= 11 is 6.45. The van der Waals surface area contributed by atoms with Crippen LogP contribution in [0.3, 0.4) is 0 Å². The van der Waals surface area contributed by atoms with Gasteiger partial charge in [0.2, 0.25) is 0 Å². The molecule has 1 heterocycles. The third kappa shape index (κ3) is 5.43. The molecular formula is C17H18N2O3S2. The summed E-state index contributed by atoms with van der Waals surface area (Å²) in [6.07, 6.45) is 1.83. The van der Waals surface area contributed by atoms with Crippen molar-refractivity contribution in [2.45, 2.75) is 19.8 Å². The summed E-state index contributed by atoms with van der Waals surface area (Å²) < 4.78 is 5.14. The first-order valence-corrected chi connectivity index (χ1v) is 8.82. The average molecular weight is 362 g/mol. The summed E-state index contributed by atoms with van der Waals surface area (Å²) in [5, 5.41) is 7.53. The Hall–Kier alpha value is -2.25. The molecule has 1 aromatic carbocycles. The number of amides is 1. The smallest absolute Gasteiger partial charge is 0.338 e. The molecule has 7 heteroatoms. The molecule has 5 nitrogen and oxygen atoms in total. The van der Waals surface area contributed by atoms with E-state index < -0.39 is 0 Å². The van der Waals surface area contributed by atoms with E-state index in [0.29, 0.717) is 22.7 Å². The Labute approximate surface area is 150 Å². The second-order valence-electron chi connectivity index (χ2n) is 4.95. The van der Waals surface area contributed by atoms with E-state index in [4.69, 9.17) is 17.0 Å². The molecule has 0 fully saturated rings. The van der Waals surface area contributed by atoms with Crippen LogP contribution in [0.2, 0.25) is 0 Å². The fourth-order valence-electron chi connectivity index (χ4n) is 1.82. The maximum atomic E-state index is 11.9. The molecule has 0 aliphatic rings. The quantitative estimate of drug-likeness (QED) is 0.464. The Bertz CT molecular complexity index is 697. The molecule has 1 amide bonds. The molecule has 1 aromatic heterocycles. The molecule has 0 aliphatic carbocycles. The molecule has 0 radical (unpaired) electrons. The molecule has 0 saturated heterocycles. The summed E-state index contributed by atoms with van der Waals surface area (Å²) in [4.78, 5) is 24.3. The molecule has 0 aliphatic heterocycles. The van der Waals surface area contributed by atoms with Crippen LogP contribution in [0.25, 0.3) is 0 Å². The fourth-order valence-corrected chi connectivity index (χ4v) is 2.65. The zero-order valence-corrected chi connectivity index (χ0v) is 14.8. The standard InChI is InChI=1S/C17H18N2O3S2/c1-2-3-10-22-16(21)12-6-8-13(9-7-12)18-17(23)19-15(20)14-5-4-11-24-14/h4-9,11H,2-3,10H2,1H3,(H2,18,19,20,23). The highest BCUT2D eigenvalue weighted by Gasteiger charge is 2.10. The van der Waals surface area contributed by atoms with Crippen LogP contribution in [-0.2, 0) is 4.74 Å². The van der Waals surface area contributed by atoms with Gasteiger partial charge in [0.05, 0.1) is 17.0 Å². The van der Waals surface area contributed by atoms with Crippen LogP contribution in [0.15, 0.2) is 41.8 Å². The second kappa shape index (κ2) is 9.14. The Balaban J connectivity index is 1.85. The lowest BCUT2D eigenvalue weighted by molar-refractivity contribution is 0.0499. The molecule has 2 rings (SSSR count). The van der Waals surface area contributed by atoms with E-state index in [1.54, 1.807) is 36.4 Å². The van der Waals surface area contributed by atoms with Gasteiger partial charge in [-0.2, -0.15) is 0 Å². The van der Waals surface area contributed by atoms with E-state index in [9.17, 15) is 9.59 Å². The number of ether oxygens (including phenoxy) is 1. The number of unbranched alkanes of at least 4 members (excludes halogenated alkanes) is 1. The Morgan fingerprint density at radius 3 is 2.58 bits per heavy atom. The Morgan fingerprint density at radius 1 is 1.21 bits per heavy atom. The van der Waals surface area contributed by atoms with Gasteiger partial charge >= 0.3 is 5.97 Å². The minimum atomic E-state index is -0.344. The van der Waals surface area contributed by atoms with Gasteiger partial charge < -0.3 is 10.1 Å². The van der Waals surface area contributed by atoms with E-state index in [0.717, 1.165) is 12.8 Å². The van der Waals surface area contributed by atoms with E-state index >= 15 is 0 Å². The molecule has 2 aromatic rings. The summed E-state index contributed by atoms with van der Waals surface area (Å²) in [5.74, 6) is -0.595. The number of esters is 1. The van der Waals surface area contributed by atoms with Crippen LogP contribution in [0, 0.1) is 0 Å². The number of thiophene rings is 1. The monoisotopic (exact) mass is 362 g/mol. The van der Waals surface area contributed by atoms with E-state index in [1.807, 2.05) is 12.3 Å². The Kier molecular flexibility index (Phi) is 6.89. The minimum Gasteiger partial charge on any atom is -0.462 e. The molecule has 0 unspecified atom stereocenters. The number of hydrogen-bond acceptors (Lipinski definition) is 5. The van der Waals surface area contributed by atoms with Crippen molar-refractivity contribution >= 4 is 46.2 Å². The number of carbonyl (C=O) groups excluding carboxylic acids is 2. The highest BCUT2D eigenvalue weighted by Crippen LogP contribution is 2.12. The van der Waals surface area contributed by atoms with Gasteiger partial charge in [0.1, 0.15) is 0 Å². The van der Waals surface area contributed by atoms with Gasteiger partial charge in [-0.1, -0.05) is 19.4 Å². The molecule has 126 valence electrons. The number of carbonyl (C=O) groups is 2. The first-order chi connectivity index (χ1) is 11.6. The maximum absolute atomic E-state index is 11.9. The first-order valence-electron chi connectivity index (χ1n) is 7.53. The number of thiocarbonyl (C=S) groups is 1.